The maximum absolute atomic E-state index is 12.7. The van der Waals surface area contributed by atoms with Gasteiger partial charge in [0.2, 0.25) is 10.0 Å². The minimum absolute atomic E-state index is 0.0372. The van der Waals surface area contributed by atoms with Crippen molar-refractivity contribution in [1.82, 2.24) is 19.3 Å². The number of hydrogen-bond donors (Lipinski definition) is 3. The molecule has 3 rings (SSSR count). The van der Waals surface area contributed by atoms with E-state index in [-0.39, 0.29) is 34.4 Å². The summed E-state index contributed by atoms with van der Waals surface area (Å²) in [5.41, 5.74) is 4.60. The Kier molecular flexibility index (Phi) is 4.76. The van der Waals surface area contributed by atoms with Crippen LogP contribution in [0.2, 0.25) is 0 Å². The van der Waals surface area contributed by atoms with Crippen LogP contribution in [-0.4, -0.2) is 35.5 Å². The largest absolute Gasteiger partial charge is 0.329 e. The van der Waals surface area contributed by atoms with Crippen LogP contribution in [0.1, 0.15) is 25.7 Å². The van der Waals surface area contributed by atoms with E-state index in [9.17, 15) is 18.0 Å². The number of hydrogen-bond acceptors (Lipinski definition) is 6. The normalized spacial score (nSPS) is 17.2. The highest BCUT2D eigenvalue weighted by Crippen LogP contribution is 2.28. The lowest BCUT2D eigenvalue weighted by Gasteiger charge is -2.23. The van der Waals surface area contributed by atoms with Crippen LogP contribution >= 0.6 is 0 Å². The van der Waals surface area contributed by atoms with E-state index in [0.29, 0.717) is 0 Å². The first-order valence-electron chi connectivity index (χ1n) is 8.15. The van der Waals surface area contributed by atoms with Crippen molar-refractivity contribution in [2.75, 3.05) is 6.54 Å². The molecule has 0 amide bonds. The average Bonchev–Trinajstić information content (AvgIpc) is 3.11. The quantitative estimate of drug-likeness (QED) is 0.646. The number of nitrogens with one attached hydrogen (secondary N) is 2. The number of nitrogens with two attached hydrogens (primary N) is 1. The highest BCUT2D eigenvalue weighted by atomic mass is 32.2. The standard InChI is InChI=1S/C15H21N5O4S/c1-20-13-11(14(21)18-15(20)22)6-10(8-17-13)25(23,24)19-12(7-16)9-4-2-3-5-9/h6,8-9,12,19H,2-5,7,16H2,1H3,(H,18,21,22). The number of aromatic nitrogens is 3. The minimum Gasteiger partial charge on any atom is -0.329 e. The molecule has 9 nitrogen and oxygen atoms in total. The van der Waals surface area contributed by atoms with Gasteiger partial charge in [-0.3, -0.25) is 14.3 Å². The summed E-state index contributed by atoms with van der Waals surface area (Å²) >= 11 is 0. The Labute approximate surface area is 144 Å². The van der Waals surface area contributed by atoms with E-state index in [1.165, 1.54) is 13.1 Å². The number of fused-ring (bicyclic) bond motifs is 1. The Bertz CT molecular complexity index is 1000. The fourth-order valence-corrected chi connectivity index (χ4v) is 4.62. The maximum Gasteiger partial charge on any atom is 0.329 e. The molecule has 0 radical (unpaired) electrons. The summed E-state index contributed by atoms with van der Waals surface area (Å²) in [7, 11) is -2.42. The summed E-state index contributed by atoms with van der Waals surface area (Å²) in [5.74, 6) is 0.220. The number of aryl methyl sites for hydroxylation is 1. The fourth-order valence-electron chi connectivity index (χ4n) is 3.33. The van der Waals surface area contributed by atoms with Gasteiger partial charge in [0.25, 0.3) is 5.56 Å². The van der Waals surface area contributed by atoms with Gasteiger partial charge in [0, 0.05) is 25.8 Å². The summed E-state index contributed by atoms with van der Waals surface area (Å²) < 4.78 is 29.1. The van der Waals surface area contributed by atoms with Crippen LogP contribution in [0.25, 0.3) is 11.0 Å². The second kappa shape index (κ2) is 6.70. The highest BCUT2D eigenvalue weighted by Gasteiger charge is 2.28. The Morgan fingerprint density at radius 1 is 1.40 bits per heavy atom. The fraction of sp³-hybridized carbons (Fsp3) is 0.533. The second-order valence-electron chi connectivity index (χ2n) is 6.37. The number of pyridine rings is 1. The Morgan fingerprint density at radius 3 is 2.72 bits per heavy atom. The monoisotopic (exact) mass is 367 g/mol. The zero-order chi connectivity index (χ0) is 18.2. The van der Waals surface area contributed by atoms with Crippen molar-refractivity contribution >= 4 is 21.1 Å². The zero-order valence-corrected chi connectivity index (χ0v) is 14.7. The summed E-state index contributed by atoms with van der Waals surface area (Å²) in [6.07, 6.45) is 5.18. The number of aromatic amines is 1. The number of nitrogens with zero attached hydrogens (tertiary/aromatic N) is 2. The molecular formula is C15H21N5O4S. The van der Waals surface area contributed by atoms with Gasteiger partial charge in [0.05, 0.1) is 5.39 Å². The van der Waals surface area contributed by atoms with Gasteiger partial charge in [-0.05, 0) is 24.8 Å². The molecule has 0 bridgehead atoms. The minimum atomic E-state index is -3.87. The lowest BCUT2D eigenvalue weighted by atomic mass is 9.99. The van der Waals surface area contributed by atoms with Gasteiger partial charge in [-0.25, -0.2) is 22.9 Å². The molecule has 0 saturated heterocycles. The molecule has 1 aliphatic carbocycles. The molecule has 0 spiro atoms. The molecular weight excluding hydrogens is 346 g/mol. The third-order valence-corrected chi connectivity index (χ3v) is 6.23. The first-order valence-corrected chi connectivity index (χ1v) is 9.63. The first kappa shape index (κ1) is 17.8. The summed E-state index contributed by atoms with van der Waals surface area (Å²) in [6.45, 7) is 0.208. The lowest BCUT2D eigenvalue weighted by Crippen LogP contribution is -2.44. The van der Waals surface area contributed by atoms with Gasteiger partial charge < -0.3 is 5.73 Å². The number of rotatable bonds is 5. The van der Waals surface area contributed by atoms with Crippen LogP contribution in [0.15, 0.2) is 26.7 Å². The zero-order valence-electron chi connectivity index (χ0n) is 13.9. The molecule has 1 atom stereocenters. The average molecular weight is 367 g/mol. The van der Waals surface area contributed by atoms with E-state index in [0.717, 1.165) is 36.4 Å². The molecule has 136 valence electrons. The number of H-pyrrole nitrogens is 1. The molecule has 0 aromatic carbocycles. The van der Waals surface area contributed by atoms with Crippen molar-refractivity contribution in [3.63, 3.8) is 0 Å². The van der Waals surface area contributed by atoms with E-state index < -0.39 is 21.3 Å². The molecule has 4 N–H and O–H groups in total. The van der Waals surface area contributed by atoms with Crippen molar-refractivity contribution < 1.29 is 8.42 Å². The van der Waals surface area contributed by atoms with Gasteiger partial charge in [-0.1, -0.05) is 12.8 Å². The van der Waals surface area contributed by atoms with E-state index in [1.54, 1.807) is 0 Å². The predicted octanol–water partition coefficient (Wildman–Crippen LogP) is -0.582. The third kappa shape index (κ3) is 3.37. The van der Waals surface area contributed by atoms with Crippen LogP contribution in [0.5, 0.6) is 0 Å². The molecule has 2 aromatic rings. The Morgan fingerprint density at radius 2 is 2.08 bits per heavy atom. The van der Waals surface area contributed by atoms with Crippen LogP contribution in [0, 0.1) is 5.92 Å². The summed E-state index contributed by atoms with van der Waals surface area (Å²) in [4.78, 5) is 29.6. The molecule has 2 heterocycles. The number of sulfonamides is 1. The lowest BCUT2D eigenvalue weighted by molar-refractivity contribution is 0.405. The van der Waals surface area contributed by atoms with Crippen LogP contribution in [-0.2, 0) is 17.1 Å². The van der Waals surface area contributed by atoms with Gasteiger partial charge in [-0.15, -0.1) is 0 Å². The first-order chi connectivity index (χ1) is 11.8. The molecule has 2 aromatic heterocycles. The second-order valence-corrected chi connectivity index (χ2v) is 8.08. The maximum atomic E-state index is 12.7. The Balaban J connectivity index is 1.99. The van der Waals surface area contributed by atoms with Crippen LogP contribution in [0.4, 0.5) is 0 Å². The van der Waals surface area contributed by atoms with E-state index in [2.05, 4.69) is 14.7 Å². The van der Waals surface area contributed by atoms with E-state index in [1.807, 2.05) is 0 Å². The molecule has 0 aliphatic heterocycles. The van der Waals surface area contributed by atoms with Gasteiger partial charge >= 0.3 is 5.69 Å². The molecule has 1 aliphatic rings. The summed E-state index contributed by atoms with van der Waals surface area (Å²) in [6, 6.07) is 0.882. The van der Waals surface area contributed by atoms with E-state index in [4.69, 9.17) is 5.73 Å². The molecule has 25 heavy (non-hydrogen) atoms. The van der Waals surface area contributed by atoms with Gasteiger partial charge in [0.15, 0.2) is 0 Å². The van der Waals surface area contributed by atoms with Crippen molar-refractivity contribution in [3.8, 4) is 0 Å². The SMILES string of the molecule is Cn1c(=O)[nH]c(=O)c2cc(S(=O)(=O)NC(CN)C3CCCC3)cnc21. The molecule has 1 fully saturated rings. The Hall–Kier alpha value is -2.04. The predicted molar refractivity (Wildman–Crippen MR) is 92.7 cm³/mol. The van der Waals surface area contributed by atoms with Gasteiger partial charge in [0.1, 0.15) is 10.5 Å². The summed E-state index contributed by atoms with van der Waals surface area (Å²) in [5, 5.41) is 0.0372. The highest BCUT2D eigenvalue weighted by molar-refractivity contribution is 7.89. The topological polar surface area (TPSA) is 140 Å². The molecule has 1 unspecified atom stereocenters. The van der Waals surface area contributed by atoms with Crippen molar-refractivity contribution in [2.24, 2.45) is 18.7 Å². The van der Waals surface area contributed by atoms with Crippen molar-refractivity contribution in [1.29, 1.82) is 0 Å². The van der Waals surface area contributed by atoms with Crippen molar-refractivity contribution in [3.05, 3.63) is 33.1 Å². The van der Waals surface area contributed by atoms with E-state index >= 15 is 0 Å². The molecule has 1 saturated carbocycles. The third-order valence-electron chi connectivity index (χ3n) is 4.77. The van der Waals surface area contributed by atoms with Crippen LogP contribution in [0.3, 0.4) is 0 Å². The van der Waals surface area contributed by atoms with Gasteiger partial charge in [-0.2, -0.15) is 0 Å². The smallest absolute Gasteiger partial charge is 0.329 e. The van der Waals surface area contributed by atoms with Crippen molar-refractivity contribution in [2.45, 2.75) is 36.6 Å². The van der Waals surface area contributed by atoms with Crippen LogP contribution < -0.4 is 21.7 Å². The molecule has 10 heteroatoms.